The highest BCUT2D eigenvalue weighted by Crippen LogP contribution is 2.25. The molecule has 0 saturated carbocycles. The molecular weight excluding hydrogens is 283 g/mol. The third-order valence-corrected chi connectivity index (χ3v) is 5.43. The number of nitrogens with two attached hydrogens (primary N) is 1. The largest absolute Gasteiger partial charge is 0.378 e. The fraction of sp³-hybridized carbons (Fsp3) is 0.538. The number of sulfonamides is 1. The number of hydrogen-bond donors (Lipinski definition) is 1. The predicted molar refractivity (Wildman–Crippen MR) is 73.1 cm³/mol. The van der Waals surface area contributed by atoms with Gasteiger partial charge in [0.05, 0.1) is 13.2 Å². The molecule has 0 aliphatic carbocycles. The van der Waals surface area contributed by atoms with Crippen molar-refractivity contribution in [2.45, 2.75) is 30.8 Å². The quantitative estimate of drug-likeness (QED) is 0.903. The van der Waals surface area contributed by atoms with E-state index in [1.54, 1.807) is 0 Å². The number of ether oxygens (including phenoxy) is 1. The summed E-state index contributed by atoms with van der Waals surface area (Å²) in [5.41, 5.74) is 6.08. The van der Waals surface area contributed by atoms with Gasteiger partial charge in [-0.1, -0.05) is 13.0 Å². The summed E-state index contributed by atoms with van der Waals surface area (Å²) >= 11 is 0. The van der Waals surface area contributed by atoms with E-state index >= 15 is 0 Å². The summed E-state index contributed by atoms with van der Waals surface area (Å²) in [7, 11) is -3.86. The molecule has 1 aliphatic rings. The van der Waals surface area contributed by atoms with E-state index in [9.17, 15) is 12.8 Å². The zero-order valence-corrected chi connectivity index (χ0v) is 12.2. The van der Waals surface area contributed by atoms with Gasteiger partial charge in [0.1, 0.15) is 10.7 Å². The zero-order chi connectivity index (χ0) is 14.8. The van der Waals surface area contributed by atoms with Gasteiger partial charge < -0.3 is 10.5 Å². The van der Waals surface area contributed by atoms with Crippen LogP contribution in [0.3, 0.4) is 0 Å². The Morgan fingerprint density at radius 3 is 2.90 bits per heavy atom. The summed E-state index contributed by atoms with van der Waals surface area (Å²) in [4.78, 5) is -0.305. The van der Waals surface area contributed by atoms with Crippen molar-refractivity contribution in [2.24, 2.45) is 5.73 Å². The minimum absolute atomic E-state index is 0.170. The molecule has 1 aromatic rings. The van der Waals surface area contributed by atoms with Crippen LogP contribution in [0.1, 0.15) is 18.9 Å². The van der Waals surface area contributed by atoms with Crippen LogP contribution in [0.25, 0.3) is 0 Å². The maximum atomic E-state index is 13.9. The monoisotopic (exact) mass is 302 g/mol. The molecule has 1 fully saturated rings. The SMILES string of the molecule is CCC1COCCN1S(=O)(=O)c1cc(CN)ccc1F. The first-order chi connectivity index (χ1) is 9.50. The highest BCUT2D eigenvalue weighted by Gasteiger charge is 2.34. The first-order valence-corrected chi connectivity index (χ1v) is 8.02. The summed E-state index contributed by atoms with van der Waals surface area (Å²) in [6.07, 6.45) is 0.622. The average molecular weight is 302 g/mol. The van der Waals surface area contributed by atoms with Gasteiger partial charge in [0.15, 0.2) is 0 Å². The highest BCUT2D eigenvalue weighted by molar-refractivity contribution is 7.89. The van der Waals surface area contributed by atoms with Gasteiger partial charge in [0.25, 0.3) is 0 Å². The fourth-order valence-corrected chi connectivity index (χ4v) is 4.06. The summed E-state index contributed by atoms with van der Waals surface area (Å²) in [6.45, 7) is 2.96. The maximum Gasteiger partial charge on any atom is 0.246 e. The van der Waals surface area contributed by atoms with Gasteiger partial charge in [-0.15, -0.1) is 0 Å². The zero-order valence-electron chi connectivity index (χ0n) is 11.4. The molecule has 0 bridgehead atoms. The second-order valence-corrected chi connectivity index (χ2v) is 6.58. The molecule has 2 rings (SSSR count). The van der Waals surface area contributed by atoms with Crippen molar-refractivity contribution in [2.75, 3.05) is 19.8 Å². The maximum absolute atomic E-state index is 13.9. The summed E-state index contributed by atoms with van der Waals surface area (Å²) in [6, 6.07) is 3.70. The van der Waals surface area contributed by atoms with E-state index in [1.807, 2.05) is 6.92 Å². The Kier molecular flexibility index (Phi) is 4.74. The Bertz CT molecular complexity index is 577. The summed E-state index contributed by atoms with van der Waals surface area (Å²) in [5.74, 6) is -0.747. The Morgan fingerprint density at radius 1 is 1.50 bits per heavy atom. The number of halogens is 1. The molecule has 1 heterocycles. The lowest BCUT2D eigenvalue weighted by Crippen LogP contribution is -2.48. The molecule has 7 heteroatoms. The molecule has 0 radical (unpaired) electrons. The molecule has 20 heavy (non-hydrogen) atoms. The van der Waals surface area contributed by atoms with Gasteiger partial charge >= 0.3 is 0 Å². The number of morpholine rings is 1. The van der Waals surface area contributed by atoms with Gasteiger partial charge in [-0.2, -0.15) is 4.31 Å². The molecule has 5 nitrogen and oxygen atoms in total. The Hall–Kier alpha value is -1.02. The third-order valence-electron chi connectivity index (χ3n) is 3.46. The summed E-state index contributed by atoms with van der Waals surface area (Å²) < 4.78 is 45.8. The minimum Gasteiger partial charge on any atom is -0.378 e. The molecule has 1 aromatic carbocycles. The smallest absolute Gasteiger partial charge is 0.246 e. The normalized spacial score (nSPS) is 21.1. The van der Waals surface area contributed by atoms with Crippen LogP contribution < -0.4 is 5.73 Å². The molecule has 1 unspecified atom stereocenters. The lowest BCUT2D eigenvalue weighted by Gasteiger charge is -2.34. The fourth-order valence-electron chi connectivity index (χ4n) is 2.28. The van der Waals surface area contributed by atoms with Crippen molar-refractivity contribution in [3.63, 3.8) is 0 Å². The molecule has 1 saturated heterocycles. The summed E-state index contributed by atoms with van der Waals surface area (Å²) in [5, 5.41) is 0. The minimum atomic E-state index is -3.86. The number of benzene rings is 1. The first kappa shape index (κ1) is 15.4. The second kappa shape index (κ2) is 6.17. The molecule has 1 aliphatic heterocycles. The van der Waals surface area contributed by atoms with Crippen LogP contribution in [0.2, 0.25) is 0 Å². The highest BCUT2D eigenvalue weighted by atomic mass is 32.2. The van der Waals surface area contributed by atoms with Crippen LogP contribution in [0.4, 0.5) is 4.39 Å². The third kappa shape index (κ3) is 2.85. The van der Waals surface area contributed by atoms with Crippen LogP contribution in [-0.2, 0) is 21.3 Å². The van der Waals surface area contributed by atoms with Crippen LogP contribution in [0, 0.1) is 5.82 Å². The van der Waals surface area contributed by atoms with Gasteiger partial charge in [-0.25, -0.2) is 12.8 Å². The van der Waals surface area contributed by atoms with Crippen molar-refractivity contribution in [3.8, 4) is 0 Å². The van der Waals surface area contributed by atoms with E-state index in [1.165, 1.54) is 16.4 Å². The van der Waals surface area contributed by atoms with Crippen molar-refractivity contribution < 1.29 is 17.5 Å². The van der Waals surface area contributed by atoms with E-state index in [0.717, 1.165) is 6.07 Å². The van der Waals surface area contributed by atoms with Gasteiger partial charge in [-0.3, -0.25) is 0 Å². The number of hydrogen-bond acceptors (Lipinski definition) is 4. The van der Waals surface area contributed by atoms with Gasteiger partial charge in [0.2, 0.25) is 10.0 Å². The van der Waals surface area contributed by atoms with E-state index in [2.05, 4.69) is 0 Å². The second-order valence-electron chi connectivity index (χ2n) is 4.72. The first-order valence-electron chi connectivity index (χ1n) is 6.58. The molecule has 112 valence electrons. The molecule has 0 amide bonds. The van der Waals surface area contributed by atoms with Crippen LogP contribution >= 0.6 is 0 Å². The lowest BCUT2D eigenvalue weighted by molar-refractivity contribution is 0.0313. The van der Waals surface area contributed by atoms with E-state index in [0.29, 0.717) is 25.2 Å². The molecule has 1 atom stereocenters. The van der Waals surface area contributed by atoms with Gasteiger partial charge in [-0.05, 0) is 24.1 Å². The van der Waals surface area contributed by atoms with Crippen LogP contribution in [-0.4, -0.2) is 38.5 Å². The van der Waals surface area contributed by atoms with E-state index in [4.69, 9.17) is 10.5 Å². The Morgan fingerprint density at radius 2 is 2.25 bits per heavy atom. The lowest BCUT2D eigenvalue weighted by atomic mass is 10.2. The van der Waals surface area contributed by atoms with Crippen molar-refractivity contribution in [3.05, 3.63) is 29.6 Å². The van der Waals surface area contributed by atoms with Crippen molar-refractivity contribution in [1.82, 2.24) is 4.31 Å². The van der Waals surface area contributed by atoms with E-state index < -0.39 is 15.8 Å². The number of nitrogens with zero attached hydrogens (tertiary/aromatic N) is 1. The Labute approximate surface area is 118 Å². The van der Waals surface area contributed by atoms with Crippen molar-refractivity contribution >= 4 is 10.0 Å². The topological polar surface area (TPSA) is 72.6 Å². The molecule has 0 spiro atoms. The predicted octanol–water partition coefficient (Wildman–Crippen LogP) is 1.08. The average Bonchev–Trinajstić information content (AvgIpc) is 2.47. The van der Waals surface area contributed by atoms with Crippen molar-refractivity contribution in [1.29, 1.82) is 0 Å². The van der Waals surface area contributed by atoms with Gasteiger partial charge in [0, 0.05) is 19.1 Å². The Balaban J connectivity index is 2.43. The standard InChI is InChI=1S/C13H19FN2O3S/c1-2-11-9-19-6-5-16(11)20(17,18)13-7-10(8-15)3-4-12(13)14/h3-4,7,11H,2,5-6,8-9,15H2,1H3. The molecule has 0 aromatic heterocycles. The van der Waals surface area contributed by atoms with E-state index in [-0.39, 0.29) is 24.0 Å². The molecule has 2 N–H and O–H groups in total. The van der Waals surface area contributed by atoms with Crippen LogP contribution in [0.15, 0.2) is 23.1 Å². The number of rotatable bonds is 4. The van der Waals surface area contributed by atoms with Crippen LogP contribution in [0.5, 0.6) is 0 Å². The molecular formula is C13H19FN2O3S.